The lowest BCUT2D eigenvalue weighted by Gasteiger charge is -2.15. The fourth-order valence-electron chi connectivity index (χ4n) is 1.96. The number of carboxylic acid groups (broad SMARTS) is 1. The maximum Gasteiger partial charge on any atom is 0.336 e. The van der Waals surface area contributed by atoms with E-state index in [0.29, 0.717) is 16.1 Å². The fourth-order valence-corrected chi connectivity index (χ4v) is 2.81. The molecule has 0 spiro atoms. The molecule has 2 aromatic heterocycles. The lowest BCUT2D eigenvalue weighted by Crippen LogP contribution is -2.24. The number of nitrogens with zero attached hydrogens (tertiary/aromatic N) is 1. The van der Waals surface area contributed by atoms with Crippen molar-refractivity contribution in [1.82, 2.24) is 4.98 Å². The molecule has 5 nitrogen and oxygen atoms in total. The molecule has 103 valence electrons. The lowest BCUT2D eigenvalue weighted by atomic mass is 9.93. The Labute approximate surface area is 120 Å². The molecule has 0 aliphatic carbocycles. The Balaban J connectivity index is 2.59. The zero-order valence-electron chi connectivity index (χ0n) is 10.7. The fraction of sp³-hybridized carbons (Fsp3) is 0.143. The first-order valence-corrected chi connectivity index (χ1v) is 6.78. The summed E-state index contributed by atoms with van der Waals surface area (Å²) in [5.41, 5.74) is 6.35. The molecule has 0 aliphatic heterocycles. The number of hydrogen-bond donors (Lipinski definition) is 2. The molecule has 0 aromatic carbocycles. The van der Waals surface area contributed by atoms with Gasteiger partial charge in [-0.2, -0.15) is 0 Å². The summed E-state index contributed by atoms with van der Waals surface area (Å²) in [4.78, 5) is 28.0. The molecule has 0 aliphatic rings. The number of primary amides is 1. The van der Waals surface area contributed by atoms with E-state index in [1.807, 2.05) is 5.38 Å². The van der Waals surface area contributed by atoms with E-state index in [4.69, 9.17) is 5.73 Å². The Hall–Kier alpha value is -2.21. The van der Waals surface area contributed by atoms with Crippen molar-refractivity contribution in [3.05, 3.63) is 57.9 Å². The third kappa shape index (κ3) is 2.70. The molecule has 0 saturated carbocycles. The van der Waals surface area contributed by atoms with Crippen molar-refractivity contribution in [3.63, 3.8) is 0 Å². The summed E-state index contributed by atoms with van der Waals surface area (Å²) in [7, 11) is 0. The monoisotopic (exact) mass is 289 g/mol. The van der Waals surface area contributed by atoms with Gasteiger partial charge in [-0.1, -0.05) is 13.0 Å². The number of pyridine rings is 1. The number of carbonyl (C=O) groups is 2. The van der Waals surface area contributed by atoms with Crippen LogP contribution in [-0.4, -0.2) is 22.0 Å². The van der Waals surface area contributed by atoms with Gasteiger partial charge in [-0.3, -0.25) is 9.78 Å². The van der Waals surface area contributed by atoms with E-state index in [-0.39, 0.29) is 5.56 Å². The van der Waals surface area contributed by atoms with Crippen molar-refractivity contribution in [3.8, 4) is 0 Å². The number of rotatable bonds is 5. The number of thiophene rings is 1. The number of carbonyl (C=O) groups excluding carboxylic acids is 1. The molecular weight excluding hydrogens is 276 g/mol. The second-order valence-corrected chi connectivity index (χ2v) is 5.12. The Bertz CT molecular complexity index is 638. The first-order chi connectivity index (χ1) is 9.54. The number of carboxylic acids is 1. The minimum atomic E-state index is -1.10. The average Bonchev–Trinajstić information content (AvgIpc) is 2.92. The summed E-state index contributed by atoms with van der Waals surface area (Å²) in [6, 6.07) is 4.99. The van der Waals surface area contributed by atoms with Crippen LogP contribution in [0.2, 0.25) is 0 Å². The van der Waals surface area contributed by atoms with Crippen molar-refractivity contribution in [2.24, 2.45) is 5.73 Å². The van der Waals surface area contributed by atoms with Gasteiger partial charge in [0.15, 0.2) is 0 Å². The molecule has 1 unspecified atom stereocenters. The van der Waals surface area contributed by atoms with E-state index in [1.54, 1.807) is 25.5 Å². The number of amides is 1. The Morgan fingerprint density at radius 3 is 2.75 bits per heavy atom. The van der Waals surface area contributed by atoms with Crippen LogP contribution in [0.1, 0.15) is 39.3 Å². The highest BCUT2D eigenvalue weighted by Gasteiger charge is 2.26. The molecule has 20 heavy (non-hydrogen) atoms. The SMILES string of the molecule is C[CH]c1cc(C(=O)O)c(C(C(N)=O)c2cccs2)cn1. The quantitative estimate of drug-likeness (QED) is 0.880. The van der Waals surface area contributed by atoms with E-state index in [9.17, 15) is 14.7 Å². The van der Waals surface area contributed by atoms with Crippen molar-refractivity contribution in [2.75, 3.05) is 0 Å². The summed E-state index contributed by atoms with van der Waals surface area (Å²) < 4.78 is 0. The molecule has 0 fully saturated rings. The predicted octanol–water partition coefficient (Wildman–Crippen LogP) is 2.03. The predicted molar refractivity (Wildman–Crippen MR) is 75.6 cm³/mol. The standard InChI is InChI=1S/C14H13N2O3S/c1-2-8-6-9(14(18)19)10(7-16-8)12(13(15)17)11-4-3-5-20-11/h2-7,12H,1H3,(H2,15,17)(H,18,19). The van der Waals surface area contributed by atoms with Crippen LogP contribution in [0.3, 0.4) is 0 Å². The van der Waals surface area contributed by atoms with Gasteiger partial charge < -0.3 is 10.8 Å². The van der Waals surface area contributed by atoms with Crippen molar-refractivity contribution < 1.29 is 14.7 Å². The molecule has 2 rings (SSSR count). The topological polar surface area (TPSA) is 93.3 Å². The van der Waals surface area contributed by atoms with E-state index >= 15 is 0 Å². The van der Waals surface area contributed by atoms with Gasteiger partial charge in [0, 0.05) is 28.8 Å². The van der Waals surface area contributed by atoms with Crippen LogP contribution >= 0.6 is 11.3 Å². The van der Waals surface area contributed by atoms with Gasteiger partial charge in [-0.15, -0.1) is 11.3 Å². The minimum Gasteiger partial charge on any atom is -0.478 e. The molecule has 1 atom stereocenters. The molecule has 1 radical (unpaired) electrons. The van der Waals surface area contributed by atoms with Crippen LogP contribution in [0.25, 0.3) is 0 Å². The second-order valence-electron chi connectivity index (χ2n) is 4.14. The molecule has 2 heterocycles. The van der Waals surface area contributed by atoms with E-state index in [2.05, 4.69) is 4.98 Å². The van der Waals surface area contributed by atoms with Crippen molar-refractivity contribution >= 4 is 23.2 Å². The smallest absolute Gasteiger partial charge is 0.336 e. The highest BCUT2D eigenvalue weighted by molar-refractivity contribution is 7.10. The van der Waals surface area contributed by atoms with Gasteiger partial charge in [0.25, 0.3) is 0 Å². The molecule has 3 N–H and O–H groups in total. The summed E-state index contributed by atoms with van der Waals surface area (Å²) >= 11 is 1.36. The molecule has 0 bridgehead atoms. The zero-order valence-corrected chi connectivity index (χ0v) is 11.6. The summed E-state index contributed by atoms with van der Waals surface area (Å²) in [6.07, 6.45) is 3.11. The average molecular weight is 289 g/mol. The van der Waals surface area contributed by atoms with Crippen LogP contribution in [0.4, 0.5) is 0 Å². The highest BCUT2D eigenvalue weighted by Crippen LogP contribution is 2.30. The minimum absolute atomic E-state index is 0.0466. The third-order valence-electron chi connectivity index (χ3n) is 2.91. The van der Waals surface area contributed by atoms with Gasteiger partial charge in [-0.05, 0) is 17.5 Å². The van der Waals surface area contributed by atoms with E-state index < -0.39 is 17.8 Å². The molecular formula is C14H13N2O3S. The Morgan fingerprint density at radius 2 is 2.25 bits per heavy atom. The molecule has 2 aromatic rings. The Kier molecular flexibility index (Phi) is 4.14. The second kappa shape index (κ2) is 5.83. The molecule has 0 saturated heterocycles. The first kappa shape index (κ1) is 14.2. The normalized spacial score (nSPS) is 12.1. The van der Waals surface area contributed by atoms with Gasteiger partial charge in [0.1, 0.15) is 0 Å². The van der Waals surface area contributed by atoms with Crippen LogP contribution in [-0.2, 0) is 4.79 Å². The van der Waals surface area contributed by atoms with Crippen LogP contribution in [0.15, 0.2) is 29.8 Å². The van der Waals surface area contributed by atoms with E-state index in [1.165, 1.54) is 23.6 Å². The van der Waals surface area contributed by atoms with Crippen molar-refractivity contribution in [1.29, 1.82) is 0 Å². The number of hydrogen-bond acceptors (Lipinski definition) is 4. The third-order valence-corrected chi connectivity index (χ3v) is 3.84. The number of aromatic carboxylic acids is 1. The number of aromatic nitrogens is 1. The highest BCUT2D eigenvalue weighted by atomic mass is 32.1. The largest absolute Gasteiger partial charge is 0.478 e. The lowest BCUT2D eigenvalue weighted by molar-refractivity contribution is -0.118. The van der Waals surface area contributed by atoms with Gasteiger partial charge >= 0.3 is 5.97 Å². The summed E-state index contributed by atoms with van der Waals surface area (Å²) in [5, 5.41) is 11.1. The summed E-state index contributed by atoms with van der Waals surface area (Å²) in [6.45, 7) is 1.76. The van der Waals surface area contributed by atoms with Gasteiger partial charge in [-0.25, -0.2) is 4.79 Å². The first-order valence-electron chi connectivity index (χ1n) is 5.90. The Morgan fingerprint density at radius 1 is 1.50 bits per heavy atom. The van der Waals surface area contributed by atoms with Crippen LogP contribution < -0.4 is 5.73 Å². The van der Waals surface area contributed by atoms with Gasteiger partial charge in [0.05, 0.1) is 11.5 Å². The van der Waals surface area contributed by atoms with Crippen LogP contribution in [0.5, 0.6) is 0 Å². The van der Waals surface area contributed by atoms with Crippen LogP contribution in [0, 0.1) is 6.42 Å². The molecule has 6 heteroatoms. The van der Waals surface area contributed by atoms with Gasteiger partial charge in [0.2, 0.25) is 5.91 Å². The van der Waals surface area contributed by atoms with E-state index in [0.717, 1.165) is 0 Å². The number of nitrogens with two attached hydrogens (primary N) is 1. The maximum absolute atomic E-state index is 11.7. The zero-order chi connectivity index (χ0) is 14.7. The molecule has 1 amide bonds. The maximum atomic E-state index is 11.7. The summed E-state index contributed by atoms with van der Waals surface area (Å²) in [5.74, 6) is -2.49. The van der Waals surface area contributed by atoms with Crippen molar-refractivity contribution in [2.45, 2.75) is 12.8 Å².